The highest BCUT2D eigenvalue weighted by Crippen LogP contribution is 2.26. The zero-order chi connectivity index (χ0) is 16.5. The van der Waals surface area contributed by atoms with Gasteiger partial charge >= 0.3 is 6.01 Å². The van der Waals surface area contributed by atoms with E-state index in [4.69, 9.17) is 8.83 Å². The van der Waals surface area contributed by atoms with E-state index in [0.29, 0.717) is 16.0 Å². The van der Waals surface area contributed by atoms with Crippen molar-refractivity contribution in [3.63, 3.8) is 0 Å². The van der Waals surface area contributed by atoms with Gasteiger partial charge in [0.1, 0.15) is 0 Å². The lowest BCUT2D eigenvalue weighted by molar-refractivity contribution is 0.102. The molecule has 3 aromatic rings. The molecule has 0 bridgehead atoms. The molecule has 1 amide bonds. The maximum Gasteiger partial charge on any atom is 0.322 e. The quantitative estimate of drug-likeness (QED) is 0.727. The highest BCUT2D eigenvalue weighted by molar-refractivity contribution is 9.10. The lowest BCUT2D eigenvalue weighted by Crippen LogP contribution is -2.13. The SMILES string of the molecule is O=C(Nc1nnc(-c2ccc(Br)o2)o1)c1ccc2c(c1)CCCC2. The Kier molecular flexibility index (Phi) is 3.93. The van der Waals surface area contributed by atoms with Gasteiger partial charge in [-0.2, -0.15) is 0 Å². The topological polar surface area (TPSA) is 81.2 Å². The van der Waals surface area contributed by atoms with Crippen molar-refractivity contribution in [1.82, 2.24) is 10.2 Å². The average molecular weight is 388 g/mol. The zero-order valence-corrected chi connectivity index (χ0v) is 14.3. The number of benzene rings is 1. The highest BCUT2D eigenvalue weighted by Gasteiger charge is 2.17. The summed E-state index contributed by atoms with van der Waals surface area (Å²) in [6.07, 6.45) is 4.49. The molecule has 0 fully saturated rings. The first-order chi connectivity index (χ1) is 11.7. The summed E-state index contributed by atoms with van der Waals surface area (Å²) in [5.74, 6) is 0.379. The van der Waals surface area contributed by atoms with Gasteiger partial charge < -0.3 is 8.83 Å². The number of nitrogens with one attached hydrogen (secondary N) is 1. The molecule has 1 aliphatic carbocycles. The monoisotopic (exact) mass is 387 g/mol. The van der Waals surface area contributed by atoms with Crippen molar-refractivity contribution < 1.29 is 13.6 Å². The van der Waals surface area contributed by atoms with Crippen molar-refractivity contribution in [2.75, 3.05) is 5.32 Å². The molecule has 7 heteroatoms. The van der Waals surface area contributed by atoms with Crippen LogP contribution < -0.4 is 5.32 Å². The van der Waals surface area contributed by atoms with Gasteiger partial charge in [-0.05, 0) is 77.0 Å². The highest BCUT2D eigenvalue weighted by atomic mass is 79.9. The molecule has 0 spiro atoms. The van der Waals surface area contributed by atoms with E-state index in [1.165, 1.54) is 24.0 Å². The predicted molar refractivity (Wildman–Crippen MR) is 90.7 cm³/mol. The molecule has 6 nitrogen and oxygen atoms in total. The molecule has 122 valence electrons. The van der Waals surface area contributed by atoms with Crippen molar-refractivity contribution >= 4 is 27.9 Å². The number of halogens is 1. The van der Waals surface area contributed by atoms with Crippen LogP contribution in [0.5, 0.6) is 0 Å². The molecule has 2 aromatic heterocycles. The van der Waals surface area contributed by atoms with E-state index in [0.717, 1.165) is 12.8 Å². The van der Waals surface area contributed by atoms with Crippen LogP contribution in [0.15, 0.2) is 43.8 Å². The number of hydrogen-bond acceptors (Lipinski definition) is 5. The number of fused-ring (bicyclic) bond motifs is 1. The third-order valence-corrected chi connectivity index (χ3v) is 4.47. The first-order valence-electron chi connectivity index (χ1n) is 7.71. The summed E-state index contributed by atoms with van der Waals surface area (Å²) in [6.45, 7) is 0. The molecule has 0 radical (unpaired) electrons. The molecule has 0 aliphatic heterocycles. The number of aromatic nitrogens is 2. The van der Waals surface area contributed by atoms with E-state index in [-0.39, 0.29) is 17.8 Å². The lowest BCUT2D eigenvalue weighted by Gasteiger charge is -2.16. The zero-order valence-electron chi connectivity index (χ0n) is 12.7. The van der Waals surface area contributed by atoms with E-state index in [9.17, 15) is 4.79 Å². The Morgan fingerprint density at radius 2 is 1.88 bits per heavy atom. The molecule has 0 saturated heterocycles. The number of rotatable bonds is 3. The van der Waals surface area contributed by atoms with Gasteiger partial charge in [0, 0.05) is 5.56 Å². The molecular formula is C17H14BrN3O3. The van der Waals surface area contributed by atoms with Crippen LogP contribution in [0.3, 0.4) is 0 Å². The normalized spacial score (nSPS) is 13.5. The summed E-state index contributed by atoms with van der Waals surface area (Å²) in [5, 5.41) is 10.3. The minimum absolute atomic E-state index is 0.0419. The van der Waals surface area contributed by atoms with Crippen molar-refractivity contribution in [3.05, 3.63) is 51.7 Å². The average Bonchev–Trinajstić information content (AvgIpc) is 3.23. The second kappa shape index (κ2) is 6.24. The van der Waals surface area contributed by atoms with Crippen LogP contribution in [-0.4, -0.2) is 16.1 Å². The fraction of sp³-hybridized carbons (Fsp3) is 0.235. The van der Waals surface area contributed by atoms with Crippen molar-refractivity contribution in [2.45, 2.75) is 25.7 Å². The molecular weight excluding hydrogens is 374 g/mol. The van der Waals surface area contributed by atoms with Gasteiger partial charge in [0.15, 0.2) is 10.4 Å². The summed E-state index contributed by atoms with van der Waals surface area (Å²) >= 11 is 3.21. The van der Waals surface area contributed by atoms with Crippen LogP contribution >= 0.6 is 15.9 Å². The molecule has 4 rings (SSSR count). The number of carbonyl (C=O) groups is 1. The van der Waals surface area contributed by atoms with Crippen LogP contribution in [0, 0.1) is 0 Å². The molecule has 2 heterocycles. The van der Waals surface area contributed by atoms with Gasteiger partial charge in [0.2, 0.25) is 0 Å². The Morgan fingerprint density at radius 1 is 1.04 bits per heavy atom. The molecule has 0 saturated carbocycles. The van der Waals surface area contributed by atoms with Gasteiger partial charge in [-0.1, -0.05) is 11.2 Å². The third-order valence-electron chi connectivity index (χ3n) is 4.04. The Balaban J connectivity index is 1.51. The second-order valence-corrected chi connectivity index (χ2v) is 6.44. The van der Waals surface area contributed by atoms with E-state index >= 15 is 0 Å². The molecule has 1 aliphatic rings. The third kappa shape index (κ3) is 2.99. The van der Waals surface area contributed by atoms with Crippen LogP contribution in [0.4, 0.5) is 6.01 Å². The lowest BCUT2D eigenvalue weighted by atomic mass is 9.90. The number of nitrogens with zero attached hydrogens (tertiary/aromatic N) is 2. The van der Waals surface area contributed by atoms with Gasteiger partial charge in [0.25, 0.3) is 11.8 Å². The molecule has 1 N–H and O–H groups in total. The van der Waals surface area contributed by atoms with Crippen LogP contribution in [0.2, 0.25) is 0 Å². The molecule has 0 atom stereocenters. The Morgan fingerprint density at radius 3 is 2.67 bits per heavy atom. The van der Waals surface area contributed by atoms with Gasteiger partial charge in [0.05, 0.1) is 0 Å². The van der Waals surface area contributed by atoms with E-state index in [1.807, 2.05) is 18.2 Å². The Bertz CT molecular complexity index is 900. The molecule has 1 aromatic carbocycles. The Labute approximate surface area is 146 Å². The Hall–Kier alpha value is -2.41. The maximum atomic E-state index is 12.4. The van der Waals surface area contributed by atoms with Gasteiger partial charge in [-0.3, -0.25) is 10.1 Å². The second-order valence-electron chi connectivity index (χ2n) is 5.66. The summed E-state index contributed by atoms with van der Waals surface area (Å²) in [6, 6.07) is 9.28. The summed E-state index contributed by atoms with van der Waals surface area (Å²) in [4.78, 5) is 12.4. The summed E-state index contributed by atoms with van der Waals surface area (Å²) in [5.41, 5.74) is 3.18. The smallest absolute Gasteiger partial charge is 0.322 e. The number of furan rings is 1. The minimum Gasteiger partial charge on any atom is -0.444 e. The largest absolute Gasteiger partial charge is 0.444 e. The van der Waals surface area contributed by atoms with E-state index in [2.05, 4.69) is 31.4 Å². The fourth-order valence-electron chi connectivity index (χ4n) is 2.85. The number of anilines is 1. The first kappa shape index (κ1) is 15.1. The summed E-state index contributed by atoms with van der Waals surface area (Å²) < 4.78 is 11.3. The number of carbonyl (C=O) groups excluding carboxylic acids is 1. The minimum atomic E-state index is -0.265. The first-order valence-corrected chi connectivity index (χ1v) is 8.51. The van der Waals surface area contributed by atoms with E-state index in [1.54, 1.807) is 12.1 Å². The summed E-state index contributed by atoms with van der Waals surface area (Å²) in [7, 11) is 0. The van der Waals surface area contributed by atoms with Crippen molar-refractivity contribution in [3.8, 4) is 11.7 Å². The number of amides is 1. The van der Waals surface area contributed by atoms with Crippen molar-refractivity contribution in [2.24, 2.45) is 0 Å². The fourth-order valence-corrected chi connectivity index (χ4v) is 3.15. The van der Waals surface area contributed by atoms with Gasteiger partial charge in [-0.25, -0.2) is 0 Å². The standard InChI is InChI=1S/C17H14BrN3O3/c18-14-8-7-13(23-14)16-20-21-17(24-16)19-15(22)12-6-5-10-3-1-2-4-11(10)9-12/h5-9H,1-4H2,(H,19,21,22). The molecule has 0 unspecified atom stereocenters. The van der Waals surface area contributed by atoms with Crippen LogP contribution in [-0.2, 0) is 12.8 Å². The van der Waals surface area contributed by atoms with E-state index < -0.39 is 0 Å². The number of hydrogen-bond donors (Lipinski definition) is 1. The van der Waals surface area contributed by atoms with Crippen molar-refractivity contribution in [1.29, 1.82) is 0 Å². The van der Waals surface area contributed by atoms with Crippen LogP contribution in [0.1, 0.15) is 34.3 Å². The predicted octanol–water partition coefficient (Wildman–Crippen LogP) is 4.22. The van der Waals surface area contributed by atoms with Gasteiger partial charge in [-0.15, -0.1) is 5.10 Å². The number of aryl methyl sites for hydroxylation is 2. The molecule has 24 heavy (non-hydrogen) atoms. The maximum absolute atomic E-state index is 12.4. The van der Waals surface area contributed by atoms with Crippen LogP contribution in [0.25, 0.3) is 11.7 Å².